The van der Waals surface area contributed by atoms with Gasteiger partial charge in [-0.1, -0.05) is 58.0 Å². The minimum Gasteiger partial charge on any atom is -0.444 e. The summed E-state index contributed by atoms with van der Waals surface area (Å²) in [5.74, 6) is 0.119. The van der Waals surface area contributed by atoms with E-state index in [2.05, 4.69) is 31.3 Å². The van der Waals surface area contributed by atoms with Crippen LogP contribution in [-0.2, 0) is 14.9 Å². The number of carbonyl (C=O) groups is 2. The molecule has 0 radical (unpaired) electrons. The van der Waals surface area contributed by atoms with Crippen molar-refractivity contribution in [2.75, 3.05) is 13.6 Å². The van der Waals surface area contributed by atoms with Gasteiger partial charge in [-0.2, -0.15) is 0 Å². The van der Waals surface area contributed by atoms with E-state index in [1.807, 2.05) is 52.8 Å². The van der Waals surface area contributed by atoms with Crippen LogP contribution in [0.5, 0.6) is 0 Å². The summed E-state index contributed by atoms with van der Waals surface area (Å²) >= 11 is 0. The highest BCUT2D eigenvalue weighted by Crippen LogP contribution is 2.22. The van der Waals surface area contributed by atoms with Gasteiger partial charge in [-0.25, -0.2) is 4.79 Å². The molecule has 152 valence electrons. The lowest BCUT2D eigenvalue weighted by Gasteiger charge is -2.32. The smallest absolute Gasteiger partial charge is 0.410 e. The Balaban J connectivity index is 2.84. The highest BCUT2D eigenvalue weighted by atomic mass is 16.6. The van der Waals surface area contributed by atoms with E-state index >= 15 is 0 Å². The molecule has 0 heterocycles. The van der Waals surface area contributed by atoms with E-state index < -0.39 is 17.7 Å². The van der Waals surface area contributed by atoms with Crippen molar-refractivity contribution in [1.29, 1.82) is 0 Å². The maximum absolute atomic E-state index is 12.9. The maximum Gasteiger partial charge on any atom is 0.410 e. The Labute approximate surface area is 164 Å². The zero-order chi connectivity index (χ0) is 20.8. The Morgan fingerprint density at radius 1 is 1.07 bits per heavy atom. The van der Waals surface area contributed by atoms with Gasteiger partial charge in [-0.05, 0) is 38.7 Å². The monoisotopic (exact) mass is 376 g/mol. The lowest BCUT2D eigenvalue weighted by Crippen LogP contribution is -2.51. The zero-order valence-electron chi connectivity index (χ0n) is 18.1. The number of carbonyl (C=O) groups excluding carboxylic acids is 2. The van der Waals surface area contributed by atoms with E-state index in [0.717, 1.165) is 5.56 Å². The topological polar surface area (TPSA) is 58.6 Å². The average Bonchev–Trinajstić information content (AvgIpc) is 2.56. The van der Waals surface area contributed by atoms with E-state index in [-0.39, 0.29) is 17.2 Å². The van der Waals surface area contributed by atoms with Gasteiger partial charge >= 0.3 is 6.09 Å². The number of hydrogen-bond acceptors (Lipinski definition) is 3. The third-order valence-electron chi connectivity index (χ3n) is 4.41. The molecule has 0 aromatic heterocycles. The number of hydrogen-bond donors (Lipinski definition) is 1. The molecule has 0 saturated carbocycles. The third kappa shape index (κ3) is 7.61. The van der Waals surface area contributed by atoms with Crippen molar-refractivity contribution in [3.8, 4) is 0 Å². The van der Waals surface area contributed by atoms with Crippen molar-refractivity contribution in [3.63, 3.8) is 0 Å². The lowest BCUT2D eigenvalue weighted by molar-refractivity contribution is -0.126. The first-order valence-electron chi connectivity index (χ1n) is 9.62. The number of nitrogens with zero attached hydrogens (tertiary/aromatic N) is 1. The second kappa shape index (κ2) is 9.25. The number of benzene rings is 1. The number of nitrogens with one attached hydrogen (secondary N) is 1. The number of amides is 2. The fourth-order valence-electron chi connectivity index (χ4n) is 2.77. The van der Waals surface area contributed by atoms with E-state index in [9.17, 15) is 9.59 Å². The van der Waals surface area contributed by atoms with Gasteiger partial charge in [-0.3, -0.25) is 9.69 Å². The molecule has 0 aliphatic carbocycles. The standard InChI is InChI=1S/C22H36N2O3/c1-16(2)14-18(24(8)20(26)27-21(3,4)5)19(25)23-15-22(6,7)17-12-10-9-11-13-17/h9-13,16,18H,14-15H2,1-8H3,(H,23,25)/t18-/m0/s1. The summed E-state index contributed by atoms with van der Waals surface area (Å²) in [6, 6.07) is 9.53. The molecule has 1 aromatic carbocycles. The van der Waals surface area contributed by atoms with Gasteiger partial charge in [-0.15, -0.1) is 0 Å². The highest BCUT2D eigenvalue weighted by Gasteiger charge is 2.32. The lowest BCUT2D eigenvalue weighted by atomic mass is 9.84. The van der Waals surface area contributed by atoms with Crippen LogP contribution in [0, 0.1) is 5.92 Å². The van der Waals surface area contributed by atoms with E-state index in [1.54, 1.807) is 7.05 Å². The van der Waals surface area contributed by atoms with Crippen molar-refractivity contribution < 1.29 is 14.3 Å². The molecule has 0 unspecified atom stereocenters. The van der Waals surface area contributed by atoms with Crippen molar-refractivity contribution in [2.45, 2.75) is 71.9 Å². The van der Waals surface area contributed by atoms with Crippen molar-refractivity contribution in [2.24, 2.45) is 5.92 Å². The summed E-state index contributed by atoms with van der Waals surface area (Å²) in [7, 11) is 1.63. The van der Waals surface area contributed by atoms with Crippen LogP contribution in [0.1, 0.15) is 60.5 Å². The summed E-state index contributed by atoms with van der Waals surface area (Å²) in [5.41, 5.74) is 0.356. The van der Waals surface area contributed by atoms with Gasteiger partial charge in [0.25, 0.3) is 0 Å². The number of rotatable bonds is 7. The van der Waals surface area contributed by atoms with Crippen molar-refractivity contribution >= 4 is 12.0 Å². The maximum atomic E-state index is 12.9. The van der Waals surface area contributed by atoms with Gasteiger partial charge in [0.1, 0.15) is 11.6 Å². The van der Waals surface area contributed by atoms with Crippen LogP contribution in [-0.4, -0.2) is 42.1 Å². The fraction of sp³-hybridized carbons (Fsp3) is 0.636. The zero-order valence-corrected chi connectivity index (χ0v) is 18.1. The normalized spacial score (nSPS) is 13.2. The van der Waals surface area contributed by atoms with Crippen LogP contribution in [0.25, 0.3) is 0 Å². The van der Waals surface area contributed by atoms with Crippen LogP contribution in [0.4, 0.5) is 4.79 Å². The summed E-state index contributed by atoms with van der Waals surface area (Å²) in [6.07, 6.45) is 0.0958. The highest BCUT2D eigenvalue weighted by molar-refractivity contribution is 5.85. The largest absolute Gasteiger partial charge is 0.444 e. The third-order valence-corrected chi connectivity index (χ3v) is 4.41. The van der Waals surface area contributed by atoms with Gasteiger partial charge in [0, 0.05) is 19.0 Å². The van der Waals surface area contributed by atoms with E-state index in [4.69, 9.17) is 4.74 Å². The Hall–Kier alpha value is -2.04. The van der Waals surface area contributed by atoms with Gasteiger partial charge < -0.3 is 10.1 Å². The molecule has 27 heavy (non-hydrogen) atoms. The molecule has 5 heteroatoms. The predicted octanol–water partition coefficient (Wildman–Crippen LogP) is 4.36. The molecule has 2 amide bonds. The number of likely N-dealkylation sites (N-methyl/N-ethyl adjacent to an activating group) is 1. The summed E-state index contributed by atoms with van der Waals surface area (Å²) in [5, 5.41) is 3.04. The molecule has 0 fully saturated rings. The Bertz CT molecular complexity index is 618. The van der Waals surface area contributed by atoms with Gasteiger partial charge in [0.15, 0.2) is 0 Å². The van der Waals surface area contributed by atoms with Gasteiger partial charge in [0.2, 0.25) is 5.91 Å². The molecule has 5 nitrogen and oxygen atoms in total. The molecule has 1 N–H and O–H groups in total. The molecule has 1 rings (SSSR count). The predicted molar refractivity (Wildman–Crippen MR) is 110 cm³/mol. The van der Waals surface area contributed by atoms with E-state index in [1.165, 1.54) is 4.90 Å². The van der Waals surface area contributed by atoms with Crippen LogP contribution >= 0.6 is 0 Å². The van der Waals surface area contributed by atoms with Crippen molar-refractivity contribution in [3.05, 3.63) is 35.9 Å². The molecule has 0 aliphatic rings. The first-order valence-corrected chi connectivity index (χ1v) is 9.62. The molecule has 0 aliphatic heterocycles. The Morgan fingerprint density at radius 2 is 1.63 bits per heavy atom. The minimum atomic E-state index is -0.598. The summed E-state index contributed by atoms with van der Waals surface area (Å²) in [6.45, 7) is 14.2. The van der Waals surface area contributed by atoms with Gasteiger partial charge in [0.05, 0.1) is 0 Å². The molecular formula is C22H36N2O3. The molecule has 1 atom stereocenters. The quantitative estimate of drug-likeness (QED) is 0.769. The molecule has 0 spiro atoms. The Morgan fingerprint density at radius 3 is 2.11 bits per heavy atom. The SMILES string of the molecule is CC(C)C[C@@H](C(=O)NCC(C)(C)c1ccccc1)N(C)C(=O)OC(C)(C)C. The first-order chi connectivity index (χ1) is 12.3. The van der Waals surface area contributed by atoms with Crippen LogP contribution < -0.4 is 5.32 Å². The second-order valence-electron chi connectivity index (χ2n) is 9.20. The summed E-state index contributed by atoms with van der Waals surface area (Å²) in [4.78, 5) is 26.8. The van der Waals surface area contributed by atoms with E-state index in [0.29, 0.717) is 13.0 Å². The first kappa shape index (κ1) is 23.0. The summed E-state index contributed by atoms with van der Waals surface area (Å²) < 4.78 is 5.43. The molecule has 0 saturated heterocycles. The molecular weight excluding hydrogens is 340 g/mol. The Kier molecular flexibility index (Phi) is 7.88. The minimum absolute atomic E-state index is 0.152. The number of ether oxygens (including phenoxy) is 1. The second-order valence-corrected chi connectivity index (χ2v) is 9.20. The average molecular weight is 377 g/mol. The fourth-order valence-corrected chi connectivity index (χ4v) is 2.77. The molecule has 1 aromatic rings. The molecule has 0 bridgehead atoms. The van der Waals surface area contributed by atoms with Crippen LogP contribution in [0.2, 0.25) is 0 Å². The van der Waals surface area contributed by atoms with Crippen LogP contribution in [0.15, 0.2) is 30.3 Å². The van der Waals surface area contributed by atoms with Crippen molar-refractivity contribution in [1.82, 2.24) is 10.2 Å². The van der Waals surface area contributed by atoms with Crippen LogP contribution in [0.3, 0.4) is 0 Å².